The number of nitriles is 1. The van der Waals surface area contributed by atoms with Gasteiger partial charge in [0, 0.05) is 0 Å². The molecule has 25 heavy (non-hydrogen) atoms. The van der Waals surface area contributed by atoms with E-state index in [1.165, 1.54) is 12.1 Å². The lowest BCUT2D eigenvalue weighted by Crippen LogP contribution is -2.19. The fourth-order valence-corrected chi connectivity index (χ4v) is 2.57. The number of alkyl halides is 2. The van der Waals surface area contributed by atoms with Gasteiger partial charge >= 0.3 is 6.11 Å². The third kappa shape index (κ3) is 5.95. The van der Waals surface area contributed by atoms with Crippen molar-refractivity contribution in [2.75, 3.05) is 6.61 Å². The lowest BCUT2D eigenvalue weighted by atomic mass is 10.1. The monoisotopic (exact) mass is 343 g/mol. The number of unbranched alkanes of at least 4 members (excludes halogenated alkanes) is 2. The summed E-state index contributed by atoms with van der Waals surface area (Å²) < 4.78 is 33.1. The van der Waals surface area contributed by atoms with Crippen molar-refractivity contribution in [1.82, 2.24) is 0 Å². The van der Waals surface area contributed by atoms with Gasteiger partial charge in [-0.2, -0.15) is 14.0 Å². The Hall–Kier alpha value is -2.25. The summed E-state index contributed by atoms with van der Waals surface area (Å²) in [4.78, 5) is 0. The van der Waals surface area contributed by atoms with E-state index in [9.17, 15) is 8.78 Å². The van der Waals surface area contributed by atoms with Gasteiger partial charge in [-0.05, 0) is 42.5 Å². The van der Waals surface area contributed by atoms with Gasteiger partial charge in [0.05, 0.1) is 23.8 Å². The second kappa shape index (κ2) is 9.29. The van der Waals surface area contributed by atoms with Gasteiger partial charge in [0.15, 0.2) is 0 Å². The predicted molar refractivity (Wildman–Crippen MR) is 94.4 cm³/mol. The molecule has 0 aliphatic heterocycles. The van der Waals surface area contributed by atoms with Crippen molar-refractivity contribution in [3.05, 3.63) is 70.8 Å². The van der Waals surface area contributed by atoms with Crippen LogP contribution in [-0.4, -0.2) is 6.61 Å². The molecule has 0 fully saturated rings. The largest absolute Gasteiger partial charge is 0.383 e. The summed E-state index contributed by atoms with van der Waals surface area (Å²) in [5.74, 6) is 0. The first-order chi connectivity index (χ1) is 12.0. The first-order valence-corrected chi connectivity index (χ1v) is 8.65. The number of ether oxygens (including phenoxy) is 1. The third-order valence-corrected chi connectivity index (χ3v) is 4.12. The molecule has 0 atom stereocenters. The normalized spacial score (nSPS) is 11.3. The van der Waals surface area contributed by atoms with Gasteiger partial charge in [-0.1, -0.05) is 56.2 Å². The summed E-state index contributed by atoms with van der Waals surface area (Å²) >= 11 is 0. The molecule has 2 rings (SSSR count). The van der Waals surface area contributed by atoms with Crippen LogP contribution < -0.4 is 0 Å². The second-order valence-corrected chi connectivity index (χ2v) is 6.08. The summed E-state index contributed by atoms with van der Waals surface area (Å²) in [6, 6.07) is 15.3. The number of aryl methyl sites for hydroxylation is 1. The van der Waals surface area contributed by atoms with Gasteiger partial charge in [-0.15, -0.1) is 0 Å². The van der Waals surface area contributed by atoms with Crippen molar-refractivity contribution in [3.8, 4) is 6.07 Å². The van der Waals surface area contributed by atoms with Crippen LogP contribution in [0.25, 0.3) is 0 Å². The molecule has 0 N–H and O–H groups in total. The van der Waals surface area contributed by atoms with Gasteiger partial charge in [0.2, 0.25) is 0 Å². The highest BCUT2D eigenvalue weighted by atomic mass is 19.3. The Morgan fingerprint density at radius 2 is 1.52 bits per heavy atom. The van der Waals surface area contributed by atoms with E-state index < -0.39 is 6.11 Å². The fourth-order valence-electron chi connectivity index (χ4n) is 2.57. The van der Waals surface area contributed by atoms with E-state index in [1.807, 2.05) is 6.07 Å². The number of nitrogens with zero attached hydrogens (tertiary/aromatic N) is 1. The van der Waals surface area contributed by atoms with Crippen molar-refractivity contribution < 1.29 is 13.5 Å². The van der Waals surface area contributed by atoms with Gasteiger partial charge in [0.25, 0.3) is 0 Å². The number of benzene rings is 2. The molecule has 0 bridgehead atoms. The lowest BCUT2D eigenvalue weighted by Gasteiger charge is -2.17. The number of hydrogen-bond donors (Lipinski definition) is 0. The van der Waals surface area contributed by atoms with E-state index in [2.05, 4.69) is 6.92 Å². The molecule has 0 radical (unpaired) electrons. The maximum absolute atomic E-state index is 14.2. The molecular formula is C21H23F2NO. The maximum atomic E-state index is 14.2. The molecule has 2 aromatic rings. The molecule has 132 valence electrons. The fraction of sp³-hybridized carbons (Fsp3) is 0.381. The van der Waals surface area contributed by atoms with Crippen LogP contribution >= 0.6 is 0 Å². The zero-order chi connectivity index (χ0) is 18.1. The van der Waals surface area contributed by atoms with Crippen molar-refractivity contribution >= 4 is 0 Å². The summed E-state index contributed by atoms with van der Waals surface area (Å²) in [7, 11) is 0. The molecule has 4 heteroatoms. The molecule has 0 heterocycles. The minimum atomic E-state index is -3.30. The summed E-state index contributed by atoms with van der Waals surface area (Å²) in [5, 5.41) is 8.74. The molecule has 0 saturated carbocycles. The average Bonchev–Trinajstić information content (AvgIpc) is 2.63. The standard InChI is InChI=1S/C21H23F2NO/c1-2-3-4-5-17-10-12-20(13-11-17)21(22,23)25-15-14-18-6-8-19(16-24)9-7-18/h6-13H,2-5,14-15H2,1H3. The van der Waals surface area contributed by atoms with Gasteiger partial charge in [-0.25, -0.2) is 0 Å². The Kier molecular flexibility index (Phi) is 7.09. The van der Waals surface area contributed by atoms with Crippen molar-refractivity contribution in [1.29, 1.82) is 5.26 Å². The quantitative estimate of drug-likeness (QED) is 0.555. The highest BCUT2D eigenvalue weighted by Gasteiger charge is 2.32. The van der Waals surface area contributed by atoms with Crippen LogP contribution in [-0.2, 0) is 23.7 Å². The summed E-state index contributed by atoms with van der Waals surface area (Å²) in [6.07, 6.45) is 1.36. The molecular weight excluding hydrogens is 320 g/mol. The van der Waals surface area contributed by atoms with E-state index >= 15 is 0 Å². The Morgan fingerprint density at radius 3 is 2.12 bits per heavy atom. The topological polar surface area (TPSA) is 33.0 Å². The Bertz CT molecular complexity index is 687. The van der Waals surface area contributed by atoms with Gasteiger partial charge in [-0.3, -0.25) is 0 Å². The Balaban J connectivity index is 1.86. The minimum absolute atomic E-state index is 0.0862. The van der Waals surface area contributed by atoms with Crippen molar-refractivity contribution in [2.24, 2.45) is 0 Å². The third-order valence-electron chi connectivity index (χ3n) is 4.12. The SMILES string of the molecule is CCCCCc1ccc(C(F)(F)OCCc2ccc(C#N)cc2)cc1. The van der Waals surface area contributed by atoms with E-state index in [-0.39, 0.29) is 12.2 Å². The van der Waals surface area contributed by atoms with E-state index in [4.69, 9.17) is 10.00 Å². The molecule has 0 aliphatic carbocycles. The molecule has 0 saturated heterocycles. The zero-order valence-electron chi connectivity index (χ0n) is 14.5. The number of rotatable bonds is 9. The molecule has 0 spiro atoms. The van der Waals surface area contributed by atoms with Crippen LogP contribution in [0, 0.1) is 11.3 Å². The second-order valence-electron chi connectivity index (χ2n) is 6.08. The highest BCUT2D eigenvalue weighted by Crippen LogP contribution is 2.30. The van der Waals surface area contributed by atoms with Crippen LogP contribution in [0.1, 0.15) is 48.4 Å². The molecule has 0 amide bonds. The van der Waals surface area contributed by atoms with Gasteiger partial charge in [0.1, 0.15) is 0 Å². The van der Waals surface area contributed by atoms with E-state index in [1.54, 1.807) is 36.4 Å². The van der Waals surface area contributed by atoms with E-state index in [0.717, 1.165) is 36.8 Å². The van der Waals surface area contributed by atoms with Crippen LogP contribution in [0.2, 0.25) is 0 Å². The van der Waals surface area contributed by atoms with E-state index in [0.29, 0.717) is 12.0 Å². The maximum Gasteiger partial charge on any atom is 0.383 e. The molecule has 2 nitrogen and oxygen atoms in total. The first-order valence-electron chi connectivity index (χ1n) is 8.65. The van der Waals surface area contributed by atoms with Crippen molar-refractivity contribution in [2.45, 2.75) is 45.1 Å². The number of halogens is 2. The lowest BCUT2D eigenvalue weighted by molar-refractivity contribution is -0.248. The Morgan fingerprint density at radius 1 is 0.920 bits per heavy atom. The van der Waals surface area contributed by atoms with Crippen molar-refractivity contribution in [3.63, 3.8) is 0 Å². The van der Waals surface area contributed by atoms with Gasteiger partial charge < -0.3 is 4.74 Å². The molecule has 2 aromatic carbocycles. The molecule has 0 aliphatic rings. The summed E-state index contributed by atoms with van der Waals surface area (Å²) in [6.45, 7) is 2.05. The predicted octanol–water partition coefficient (Wildman–Crippen LogP) is 5.60. The smallest absolute Gasteiger partial charge is 0.316 e. The van der Waals surface area contributed by atoms with Crippen LogP contribution in [0.3, 0.4) is 0 Å². The molecule has 0 unspecified atom stereocenters. The average molecular weight is 343 g/mol. The highest BCUT2D eigenvalue weighted by molar-refractivity contribution is 5.31. The molecule has 0 aromatic heterocycles. The number of hydrogen-bond acceptors (Lipinski definition) is 2. The zero-order valence-corrected chi connectivity index (χ0v) is 14.5. The first kappa shape index (κ1) is 19.1. The minimum Gasteiger partial charge on any atom is -0.316 e. The van der Waals surface area contributed by atoms with Crippen LogP contribution in [0.4, 0.5) is 8.78 Å². The van der Waals surface area contributed by atoms with Crippen LogP contribution in [0.15, 0.2) is 48.5 Å². The summed E-state index contributed by atoms with van der Waals surface area (Å²) in [5.41, 5.74) is 2.37. The Labute approximate surface area is 148 Å². The van der Waals surface area contributed by atoms with Crippen LogP contribution in [0.5, 0.6) is 0 Å².